The first-order valence-corrected chi connectivity index (χ1v) is 6.66. The van der Waals surface area contributed by atoms with Gasteiger partial charge in [-0.1, -0.05) is 48.5 Å². The summed E-state index contributed by atoms with van der Waals surface area (Å²) in [6, 6.07) is 13.6. The molecule has 0 aliphatic rings. The summed E-state index contributed by atoms with van der Waals surface area (Å²) in [6.45, 7) is 3.61. The van der Waals surface area contributed by atoms with Crippen molar-refractivity contribution in [3.8, 4) is 5.75 Å². The quantitative estimate of drug-likeness (QED) is 0.500. The zero-order valence-corrected chi connectivity index (χ0v) is 11.6. The summed E-state index contributed by atoms with van der Waals surface area (Å²) in [5.41, 5.74) is 1.30. The van der Waals surface area contributed by atoms with Gasteiger partial charge in [-0.3, -0.25) is 9.59 Å². The molecule has 0 unspecified atom stereocenters. The Hall–Kier alpha value is -2.68. The van der Waals surface area contributed by atoms with Crippen molar-refractivity contribution < 1.29 is 14.7 Å². The second kappa shape index (κ2) is 6.66. The Morgan fingerprint density at radius 3 is 2.38 bits per heavy atom. The van der Waals surface area contributed by atoms with Gasteiger partial charge < -0.3 is 5.11 Å². The molecule has 0 bridgehead atoms. The maximum absolute atomic E-state index is 12.2. The molecule has 0 saturated carbocycles. The van der Waals surface area contributed by atoms with Crippen LogP contribution in [-0.4, -0.2) is 16.7 Å². The van der Waals surface area contributed by atoms with E-state index in [-0.39, 0.29) is 29.3 Å². The standard InChI is InChI=1S/C18H16O3/c1-2-7-14-10-6-11-15(18(14)21)17(20)12-16(19)13-8-4-3-5-9-13/h2-6,8-11,21H,1,7,12H2. The third kappa shape index (κ3) is 3.45. The van der Waals surface area contributed by atoms with E-state index in [2.05, 4.69) is 6.58 Å². The Labute approximate surface area is 123 Å². The number of phenols is 1. The van der Waals surface area contributed by atoms with Gasteiger partial charge >= 0.3 is 0 Å². The second-order valence-corrected chi connectivity index (χ2v) is 4.70. The summed E-state index contributed by atoms with van der Waals surface area (Å²) in [7, 11) is 0. The predicted octanol–water partition coefficient (Wildman–Crippen LogP) is 3.58. The van der Waals surface area contributed by atoms with E-state index in [0.29, 0.717) is 17.5 Å². The minimum Gasteiger partial charge on any atom is -0.507 e. The molecule has 0 radical (unpaired) electrons. The van der Waals surface area contributed by atoms with Crippen LogP contribution in [0, 0.1) is 0 Å². The van der Waals surface area contributed by atoms with Gasteiger partial charge in [-0.25, -0.2) is 0 Å². The van der Waals surface area contributed by atoms with Gasteiger partial charge in [0.2, 0.25) is 0 Å². The molecule has 2 aromatic rings. The van der Waals surface area contributed by atoms with Crippen LogP contribution in [0.2, 0.25) is 0 Å². The molecule has 2 aromatic carbocycles. The highest BCUT2D eigenvalue weighted by atomic mass is 16.3. The van der Waals surface area contributed by atoms with Crippen molar-refractivity contribution in [1.82, 2.24) is 0 Å². The number of aromatic hydroxyl groups is 1. The normalized spacial score (nSPS) is 10.1. The number of carbonyl (C=O) groups is 2. The monoisotopic (exact) mass is 280 g/mol. The molecule has 2 rings (SSSR count). The number of phenolic OH excluding ortho intramolecular Hbond substituents is 1. The molecule has 0 spiro atoms. The zero-order valence-electron chi connectivity index (χ0n) is 11.6. The molecule has 0 amide bonds. The van der Waals surface area contributed by atoms with Crippen LogP contribution in [0.4, 0.5) is 0 Å². The van der Waals surface area contributed by atoms with Crippen molar-refractivity contribution >= 4 is 11.6 Å². The molecule has 0 aliphatic carbocycles. The Morgan fingerprint density at radius 2 is 1.71 bits per heavy atom. The van der Waals surface area contributed by atoms with Gasteiger partial charge in [0, 0.05) is 5.56 Å². The average Bonchev–Trinajstić information content (AvgIpc) is 2.50. The fourth-order valence-corrected chi connectivity index (χ4v) is 2.10. The molecule has 0 heterocycles. The van der Waals surface area contributed by atoms with Crippen molar-refractivity contribution in [3.05, 3.63) is 77.9 Å². The summed E-state index contributed by atoms with van der Waals surface area (Å²) < 4.78 is 0. The van der Waals surface area contributed by atoms with Gasteiger partial charge in [-0.15, -0.1) is 6.58 Å². The van der Waals surface area contributed by atoms with Crippen LogP contribution >= 0.6 is 0 Å². The van der Waals surface area contributed by atoms with E-state index in [1.165, 1.54) is 6.07 Å². The van der Waals surface area contributed by atoms with Crippen LogP contribution in [-0.2, 0) is 6.42 Å². The zero-order chi connectivity index (χ0) is 15.2. The molecule has 1 N–H and O–H groups in total. The van der Waals surface area contributed by atoms with Crippen LogP contribution in [0.25, 0.3) is 0 Å². The van der Waals surface area contributed by atoms with E-state index in [4.69, 9.17) is 0 Å². The van der Waals surface area contributed by atoms with Crippen molar-refractivity contribution in [3.63, 3.8) is 0 Å². The van der Waals surface area contributed by atoms with Crippen LogP contribution in [0.1, 0.15) is 32.7 Å². The van der Waals surface area contributed by atoms with Crippen LogP contribution < -0.4 is 0 Å². The first-order chi connectivity index (χ1) is 10.1. The predicted molar refractivity (Wildman–Crippen MR) is 81.7 cm³/mol. The summed E-state index contributed by atoms with van der Waals surface area (Å²) in [5, 5.41) is 10.1. The Morgan fingerprint density at radius 1 is 1.00 bits per heavy atom. The molecular weight excluding hydrogens is 264 g/mol. The fraction of sp³-hybridized carbons (Fsp3) is 0.111. The van der Waals surface area contributed by atoms with E-state index >= 15 is 0 Å². The Bertz CT molecular complexity index is 672. The molecule has 0 fully saturated rings. The third-order valence-corrected chi connectivity index (χ3v) is 3.20. The van der Waals surface area contributed by atoms with Gasteiger partial charge in [0.25, 0.3) is 0 Å². The average molecular weight is 280 g/mol. The number of hydrogen-bond donors (Lipinski definition) is 1. The number of benzene rings is 2. The van der Waals surface area contributed by atoms with Gasteiger partial charge in [0.05, 0.1) is 12.0 Å². The number of para-hydroxylation sites is 1. The molecule has 3 nitrogen and oxygen atoms in total. The van der Waals surface area contributed by atoms with E-state index in [0.717, 1.165) is 0 Å². The number of allylic oxidation sites excluding steroid dienone is 1. The SMILES string of the molecule is C=CCc1cccc(C(=O)CC(=O)c2ccccc2)c1O. The largest absolute Gasteiger partial charge is 0.507 e. The number of ketones is 2. The molecule has 0 saturated heterocycles. The van der Waals surface area contributed by atoms with Crippen LogP contribution in [0.5, 0.6) is 5.75 Å². The van der Waals surface area contributed by atoms with Crippen molar-refractivity contribution in [2.45, 2.75) is 12.8 Å². The third-order valence-electron chi connectivity index (χ3n) is 3.20. The maximum atomic E-state index is 12.2. The van der Waals surface area contributed by atoms with Crippen LogP contribution in [0.3, 0.4) is 0 Å². The van der Waals surface area contributed by atoms with E-state index < -0.39 is 0 Å². The Kier molecular flexibility index (Phi) is 4.67. The maximum Gasteiger partial charge on any atom is 0.174 e. The summed E-state index contributed by atoms with van der Waals surface area (Å²) >= 11 is 0. The highest BCUT2D eigenvalue weighted by molar-refractivity contribution is 6.14. The smallest absolute Gasteiger partial charge is 0.174 e. The molecule has 106 valence electrons. The molecule has 0 atom stereocenters. The van der Waals surface area contributed by atoms with Gasteiger partial charge in [-0.05, 0) is 18.1 Å². The second-order valence-electron chi connectivity index (χ2n) is 4.70. The lowest BCUT2D eigenvalue weighted by molar-refractivity contribution is 0.0893. The number of carbonyl (C=O) groups excluding carboxylic acids is 2. The lowest BCUT2D eigenvalue weighted by Crippen LogP contribution is -2.09. The first kappa shape index (κ1) is 14.7. The number of rotatable bonds is 6. The van der Waals surface area contributed by atoms with Crippen molar-refractivity contribution in [1.29, 1.82) is 0 Å². The summed E-state index contributed by atoms with van der Waals surface area (Å²) in [4.78, 5) is 24.2. The molecule has 0 aliphatic heterocycles. The van der Waals surface area contributed by atoms with Crippen molar-refractivity contribution in [2.75, 3.05) is 0 Å². The van der Waals surface area contributed by atoms with Crippen molar-refractivity contribution in [2.24, 2.45) is 0 Å². The summed E-state index contributed by atoms with van der Waals surface area (Å²) in [5.74, 6) is -0.704. The van der Waals surface area contributed by atoms with E-state index in [1.807, 2.05) is 6.07 Å². The first-order valence-electron chi connectivity index (χ1n) is 6.66. The topological polar surface area (TPSA) is 54.4 Å². The Balaban J connectivity index is 2.19. The number of hydrogen-bond acceptors (Lipinski definition) is 3. The minimum absolute atomic E-state index is 0.0664. The van der Waals surface area contributed by atoms with Crippen LogP contribution in [0.15, 0.2) is 61.2 Å². The van der Waals surface area contributed by atoms with Gasteiger partial charge in [0.1, 0.15) is 5.75 Å². The van der Waals surface area contributed by atoms with E-state index in [9.17, 15) is 14.7 Å². The summed E-state index contributed by atoms with van der Waals surface area (Å²) in [6.07, 6.45) is 1.87. The van der Waals surface area contributed by atoms with Gasteiger partial charge in [0.15, 0.2) is 11.6 Å². The molecule has 0 aromatic heterocycles. The number of Topliss-reactive ketones (excluding diaryl/α,β-unsaturated/α-hetero) is 2. The molecular formula is C18H16O3. The van der Waals surface area contributed by atoms with E-state index in [1.54, 1.807) is 42.5 Å². The highest BCUT2D eigenvalue weighted by Gasteiger charge is 2.17. The molecule has 21 heavy (non-hydrogen) atoms. The highest BCUT2D eigenvalue weighted by Crippen LogP contribution is 2.24. The lowest BCUT2D eigenvalue weighted by Gasteiger charge is -2.07. The fourth-order valence-electron chi connectivity index (χ4n) is 2.10. The van der Waals surface area contributed by atoms with Gasteiger partial charge in [-0.2, -0.15) is 0 Å². The minimum atomic E-state index is -0.382. The molecule has 3 heteroatoms. The lowest BCUT2D eigenvalue weighted by atomic mass is 9.98.